The summed E-state index contributed by atoms with van der Waals surface area (Å²) in [5.74, 6) is 1.18. The zero-order valence-corrected chi connectivity index (χ0v) is 11.6. The Bertz CT molecular complexity index is 447. The summed E-state index contributed by atoms with van der Waals surface area (Å²) in [7, 11) is 2.13. The predicted molar refractivity (Wildman–Crippen MR) is 71.2 cm³/mol. The predicted octanol–water partition coefficient (Wildman–Crippen LogP) is 1.28. The monoisotopic (exact) mass is 300 g/mol. The topological polar surface area (TPSA) is 61.0 Å². The van der Waals surface area contributed by atoms with Gasteiger partial charge in [0, 0.05) is 12.6 Å². The number of nitrogens with one attached hydrogen (secondary N) is 2. The molecular formula is C11H17BrN4O. The normalized spacial score (nSPS) is 25.8. The van der Waals surface area contributed by atoms with Crippen molar-refractivity contribution in [2.24, 2.45) is 5.92 Å². The van der Waals surface area contributed by atoms with Crippen LogP contribution in [-0.4, -0.2) is 41.0 Å². The molecule has 0 radical (unpaired) electrons. The molecule has 0 spiro atoms. The fraction of sp³-hybridized carbons (Fsp3) is 0.636. The minimum atomic E-state index is -0.150. The number of piperidine rings is 1. The first kappa shape index (κ1) is 12.6. The summed E-state index contributed by atoms with van der Waals surface area (Å²) in [6.45, 7) is 4.36. The van der Waals surface area contributed by atoms with E-state index in [1.54, 1.807) is 0 Å². The van der Waals surface area contributed by atoms with E-state index >= 15 is 0 Å². The fourth-order valence-electron chi connectivity index (χ4n) is 2.23. The molecular weight excluding hydrogens is 284 g/mol. The molecule has 6 heteroatoms. The molecule has 5 nitrogen and oxygen atoms in total. The second kappa shape index (κ2) is 5.18. The van der Waals surface area contributed by atoms with Crippen molar-refractivity contribution >= 4 is 21.7 Å². The second-order valence-corrected chi connectivity index (χ2v) is 5.47. The highest BCUT2D eigenvalue weighted by Crippen LogP contribution is 2.22. The summed E-state index contributed by atoms with van der Waals surface area (Å²) in [6, 6.07) is 0.372. The van der Waals surface area contributed by atoms with Crippen LogP contribution in [0.1, 0.15) is 13.3 Å². The Hall–Kier alpha value is -0.880. The maximum atomic E-state index is 11.4. The number of anilines is 1. The zero-order chi connectivity index (χ0) is 12.4. The Balaban J connectivity index is 2.10. The lowest BCUT2D eigenvalue weighted by atomic mass is 9.94. The zero-order valence-electron chi connectivity index (χ0n) is 10.0. The van der Waals surface area contributed by atoms with Gasteiger partial charge in [-0.25, -0.2) is 4.98 Å². The number of hydrogen-bond acceptors (Lipinski definition) is 4. The molecule has 2 N–H and O–H groups in total. The van der Waals surface area contributed by atoms with E-state index < -0.39 is 0 Å². The van der Waals surface area contributed by atoms with Gasteiger partial charge in [0.15, 0.2) is 0 Å². The van der Waals surface area contributed by atoms with E-state index in [4.69, 9.17) is 0 Å². The Morgan fingerprint density at radius 2 is 2.41 bits per heavy atom. The summed E-state index contributed by atoms with van der Waals surface area (Å²) in [5.41, 5.74) is -0.150. The van der Waals surface area contributed by atoms with E-state index in [-0.39, 0.29) is 5.56 Å². The van der Waals surface area contributed by atoms with Crippen LogP contribution in [0.2, 0.25) is 0 Å². The van der Waals surface area contributed by atoms with Crippen molar-refractivity contribution in [3.63, 3.8) is 0 Å². The van der Waals surface area contributed by atoms with E-state index in [2.05, 4.69) is 50.1 Å². The van der Waals surface area contributed by atoms with Crippen molar-refractivity contribution in [3.8, 4) is 0 Å². The Kier molecular flexibility index (Phi) is 3.83. The van der Waals surface area contributed by atoms with Crippen LogP contribution in [0.4, 0.5) is 5.82 Å². The van der Waals surface area contributed by atoms with Gasteiger partial charge in [0.05, 0.1) is 6.33 Å². The van der Waals surface area contributed by atoms with Gasteiger partial charge in [0.1, 0.15) is 10.3 Å². The van der Waals surface area contributed by atoms with E-state index in [9.17, 15) is 4.79 Å². The molecule has 0 aromatic carbocycles. The van der Waals surface area contributed by atoms with E-state index in [0.717, 1.165) is 19.5 Å². The largest absolute Gasteiger partial charge is 0.366 e. The first-order valence-electron chi connectivity index (χ1n) is 5.76. The third-order valence-corrected chi connectivity index (χ3v) is 3.96. The van der Waals surface area contributed by atoms with Crippen LogP contribution in [0.5, 0.6) is 0 Å². The Morgan fingerprint density at radius 3 is 3.12 bits per heavy atom. The molecule has 0 aliphatic carbocycles. The van der Waals surface area contributed by atoms with Gasteiger partial charge in [-0.05, 0) is 41.9 Å². The first-order chi connectivity index (χ1) is 8.08. The molecule has 17 heavy (non-hydrogen) atoms. The third kappa shape index (κ3) is 2.87. The number of hydrogen-bond donors (Lipinski definition) is 2. The molecule has 1 aliphatic heterocycles. The van der Waals surface area contributed by atoms with E-state index in [1.807, 2.05) is 0 Å². The van der Waals surface area contributed by atoms with Crippen molar-refractivity contribution in [1.82, 2.24) is 14.9 Å². The highest BCUT2D eigenvalue weighted by molar-refractivity contribution is 9.10. The van der Waals surface area contributed by atoms with Gasteiger partial charge in [-0.1, -0.05) is 6.92 Å². The van der Waals surface area contributed by atoms with E-state index in [1.165, 1.54) is 6.33 Å². The quantitative estimate of drug-likeness (QED) is 0.864. The number of H-pyrrole nitrogens is 1. The fourth-order valence-corrected chi connectivity index (χ4v) is 2.56. The molecule has 2 unspecified atom stereocenters. The Labute approximate surface area is 109 Å². The number of rotatable bonds is 2. The van der Waals surface area contributed by atoms with Crippen molar-refractivity contribution < 1.29 is 0 Å². The summed E-state index contributed by atoms with van der Waals surface area (Å²) in [6.07, 6.45) is 2.49. The maximum absolute atomic E-state index is 11.4. The SMILES string of the molecule is CC1CN(C)CCC1Nc1nc[nH]c(=O)c1Br. The molecule has 0 saturated carbocycles. The molecule has 94 valence electrons. The van der Waals surface area contributed by atoms with Crippen LogP contribution in [0.25, 0.3) is 0 Å². The lowest BCUT2D eigenvalue weighted by molar-refractivity contribution is 0.206. The van der Waals surface area contributed by atoms with Gasteiger partial charge in [-0.3, -0.25) is 4.79 Å². The maximum Gasteiger partial charge on any atom is 0.267 e. The molecule has 0 amide bonds. The molecule has 2 heterocycles. The number of nitrogens with zero attached hydrogens (tertiary/aromatic N) is 2. The molecule has 1 aromatic heterocycles. The Morgan fingerprint density at radius 1 is 1.65 bits per heavy atom. The molecule has 2 atom stereocenters. The molecule has 1 aromatic rings. The highest BCUT2D eigenvalue weighted by atomic mass is 79.9. The highest BCUT2D eigenvalue weighted by Gasteiger charge is 2.25. The summed E-state index contributed by atoms with van der Waals surface area (Å²) < 4.78 is 0.478. The van der Waals surface area contributed by atoms with Crippen LogP contribution < -0.4 is 10.9 Å². The van der Waals surface area contributed by atoms with Crippen molar-refractivity contribution in [1.29, 1.82) is 0 Å². The molecule has 1 saturated heterocycles. The van der Waals surface area contributed by atoms with Crippen LogP contribution in [0, 0.1) is 5.92 Å². The smallest absolute Gasteiger partial charge is 0.267 e. The van der Waals surface area contributed by atoms with Gasteiger partial charge in [-0.15, -0.1) is 0 Å². The van der Waals surface area contributed by atoms with Gasteiger partial charge < -0.3 is 15.2 Å². The number of aromatic amines is 1. The van der Waals surface area contributed by atoms with Gasteiger partial charge in [-0.2, -0.15) is 0 Å². The van der Waals surface area contributed by atoms with E-state index in [0.29, 0.717) is 22.3 Å². The molecule has 1 aliphatic rings. The van der Waals surface area contributed by atoms with Crippen LogP contribution >= 0.6 is 15.9 Å². The molecule has 2 rings (SSSR count). The first-order valence-corrected chi connectivity index (χ1v) is 6.55. The molecule has 1 fully saturated rings. The minimum Gasteiger partial charge on any atom is -0.366 e. The number of halogens is 1. The van der Waals surface area contributed by atoms with Crippen LogP contribution in [0.15, 0.2) is 15.6 Å². The lowest BCUT2D eigenvalue weighted by Crippen LogP contribution is -2.43. The summed E-state index contributed by atoms with van der Waals surface area (Å²) in [5, 5.41) is 3.36. The number of aromatic nitrogens is 2. The van der Waals surface area contributed by atoms with Gasteiger partial charge in [0.2, 0.25) is 0 Å². The van der Waals surface area contributed by atoms with Gasteiger partial charge in [0.25, 0.3) is 5.56 Å². The van der Waals surface area contributed by atoms with Crippen molar-refractivity contribution in [3.05, 3.63) is 21.2 Å². The van der Waals surface area contributed by atoms with Crippen molar-refractivity contribution in [2.75, 3.05) is 25.5 Å². The molecule has 0 bridgehead atoms. The van der Waals surface area contributed by atoms with Crippen LogP contribution in [-0.2, 0) is 0 Å². The summed E-state index contributed by atoms with van der Waals surface area (Å²) >= 11 is 3.26. The average Bonchev–Trinajstić information content (AvgIpc) is 2.28. The average molecular weight is 301 g/mol. The number of likely N-dealkylation sites (tertiary alicyclic amines) is 1. The minimum absolute atomic E-state index is 0.150. The second-order valence-electron chi connectivity index (χ2n) is 4.67. The summed E-state index contributed by atoms with van der Waals surface area (Å²) in [4.78, 5) is 20.4. The van der Waals surface area contributed by atoms with Crippen molar-refractivity contribution in [2.45, 2.75) is 19.4 Å². The standard InChI is InChI=1S/C11H17BrN4O/c1-7-5-16(2)4-3-8(7)15-10-9(12)11(17)14-6-13-10/h6-8H,3-5H2,1-2H3,(H2,13,14,15,17). The third-order valence-electron chi connectivity index (χ3n) is 3.23. The lowest BCUT2D eigenvalue weighted by Gasteiger charge is -2.35. The van der Waals surface area contributed by atoms with Crippen LogP contribution in [0.3, 0.4) is 0 Å². The van der Waals surface area contributed by atoms with Gasteiger partial charge >= 0.3 is 0 Å².